The number of benzene rings is 1. The monoisotopic (exact) mass is 521 g/mol. The first-order valence-corrected chi connectivity index (χ1v) is 12.2. The van der Waals surface area contributed by atoms with Crippen LogP contribution in [0.4, 0.5) is 0 Å². The number of fused-ring (bicyclic) bond motifs is 1. The van der Waals surface area contributed by atoms with E-state index in [-0.39, 0.29) is 11.6 Å². The predicted molar refractivity (Wildman–Crippen MR) is 141 cm³/mol. The number of carbonyl (C=O) groups is 1. The molecule has 0 unspecified atom stereocenters. The summed E-state index contributed by atoms with van der Waals surface area (Å²) in [4.78, 5) is 41.5. The molecular formula is C23H23N9O4S. The van der Waals surface area contributed by atoms with E-state index in [4.69, 9.17) is 9.84 Å². The second-order valence-electron chi connectivity index (χ2n) is 8.13. The molecule has 13 nitrogen and oxygen atoms in total. The first-order chi connectivity index (χ1) is 17.8. The highest BCUT2D eigenvalue weighted by Crippen LogP contribution is 2.26. The summed E-state index contributed by atoms with van der Waals surface area (Å²) in [5.41, 5.74) is 1.68. The van der Waals surface area contributed by atoms with Crippen molar-refractivity contribution in [3.05, 3.63) is 56.9 Å². The Labute approximate surface area is 214 Å². The molecule has 0 atom stereocenters. The van der Waals surface area contributed by atoms with Gasteiger partial charge in [0.1, 0.15) is 11.4 Å². The van der Waals surface area contributed by atoms with Gasteiger partial charge in [-0.05, 0) is 31.2 Å². The van der Waals surface area contributed by atoms with Gasteiger partial charge in [0, 0.05) is 38.0 Å². The zero-order chi connectivity index (χ0) is 26.3. The number of nitrogens with zero attached hydrogens (tertiary/aromatic N) is 8. The molecule has 0 bridgehead atoms. The average Bonchev–Trinajstić information content (AvgIpc) is 3.62. The largest absolute Gasteiger partial charge is 0.497 e. The van der Waals surface area contributed by atoms with E-state index in [0.29, 0.717) is 45.9 Å². The number of ether oxygens (including phenoxy) is 1. The molecule has 1 aliphatic rings. The molecule has 1 aliphatic heterocycles. The molecule has 4 aromatic rings. The van der Waals surface area contributed by atoms with Crippen LogP contribution in [-0.2, 0) is 25.4 Å². The highest BCUT2D eigenvalue weighted by atomic mass is 32.2. The van der Waals surface area contributed by atoms with Crippen LogP contribution >= 0.6 is 11.8 Å². The summed E-state index contributed by atoms with van der Waals surface area (Å²) >= 11 is 1.27. The first kappa shape index (κ1) is 24.2. The van der Waals surface area contributed by atoms with Crippen molar-refractivity contribution in [2.75, 3.05) is 12.9 Å². The summed E-state index contributed by atoms with van der Waals surface area (Å²) in [5, 5.41) is 16.0. The Morgan fingerprint density at radius 1 is 1.16 bits per heavy atom. The number of amidine groups is 1. The van der Waals surface area contributed by atoms with Crippen LogP contribution in [0.25, 0.3) is 28.4 Å². The summed E-state index contributed by atoms with van der Waals surface area (Å²) in [5.74, 6) is 1.25. The molecule has 1 N–H and O–H groups in total. The number of thioether (sulfide) groups is 1. The number of aromatic nitrogens is 6. The number of methoxy groups -OCH3 is 1. The minimum absolute atomic E-state index is 0.121. The van der Waals surface area contributed by atoms with E-state index in [1.807, 2.05) is 31.2 Å². The fourth-order valence-electron chi connectivity index (χ4n) is 3.99. The van der Waals surface area contributed by atoms with Crippen LogP contribution in [0.15, 0.2) is 50.3 Å². The lowest BCUT2D eigenvalue weighted by Gasteiger charge is -2.06. The topological polar surface area (TPSA) is 143 Å². The number of carbonyl (C=O) groups excluding carboxylic acids is 1. The Morgan fingerprint density at radius 2 is 1.92 bits per heavy atom. The molecule has 5 rings (SSSR count). The van der Waals surface area contributed by atoms with Gasteiger partial charge in [-0.2, -0.15) is 15.2 Å². The second kappa shape index (κ2) is 9.54. The van der Waals surface area contributed by atoms with Crippen molar-refractivity contribution >= 4 is 40.2 Å². The molecule has 0 saturated carbocycles. The molecule has 1 fully saturated rings. The summed E-state index contributed by atoms with van der Waals surface area (Å²) < 4.78 is 10.9. The maximum Gasteiger partial charge on any atom is 0.332 e. The Hall–Kier alpha value is -4.46. The number of amides is 1. The minimum atomic E-state index is -0.465. The maximum atomic E-state index is 12.9. The van der Waals surface area contributed by atoms with E-state index in [2.05, 4.69) is 20.5 Å². The lowest BCUT2D eigenvalue weighted by atomic mass is 10.1. The van der Waals surface area contributed by atoms with Crippen molar-refractivity contribution in [1.29, 1.82) is 0 Å². The van der Waals surface area contributed by atoms with E-state index in [9.17, 15) is 14.4 Å². The van der Waals surface area contributed by atoms with E-state index in [0.717, 1.165) is 10.1 Å². The average molecular weight is 522 g/mol. The van der Waals surface area contributed by atoms with Crippen molar-refractivity contribution in [3.63, 3.8) is 0 Å². The smallest absolute Gasteiger partial charge is 0.332 e. The van der Waals surface area contributed by atoms with Gasteiger partial charge in [0.25, 0.3) is 5.56 Å². The summed E-state index contributed by atoms with van der Waals surface area (Å²) in [6, 6.07) is 7.37. The normalized spacial score (nSPS) is 14.8. The van der Waals surface area contributed by atoms with Gasteiger partial charge in [0.2, 0.25) is 11.9 Å². The van der Waals surface area contributed by atoms with Gasteiger partial charge in [-0.3, -0.25) is 18.7 Å². The third-order valence-electron chi connectivity index (χ3n) is 5.89. The van der Waals surface area contributed by atoms with Crippen molar-refractivity contribution < 1.29 is 9.53 Å². The van der Waals surface area contributed by atoms with Crippen molar-refractivity contribution in [1.82, 2.24) is 33.8 Å². The molecule has 1 amide bonds. The van der Waals surface area contributed by atoms with Gasteiger partial charge in [-0.15, -0.1) is 5.10 Å². The number of aryl methyl sites for hydroxylation is 2. The van der Waals surface area contributed by atoms with Crippen molar-refractivity contribution in [2.45, 2.75) is 13.5 Å². The Bertz CT molecular complexity index is 1710. The molecular weight excluding hydrogens is 498 g/mol. The van der Waals surface area contributed by atoms with Crippen LogP contribution in [0.3, 0.4) is 0 Å². The van der Waals surface area contributed by atoms with Gasteiger partial charge in [0.05, 0.1) is 19.1 Å². The molecule has 1 aromatic carbocycles. The molecule has 0 aliphatic carbocycles. The summed E-state index contributed by atoms with van der Waals surface area (Å²) in [6.45, 7) is 2.31. The van der Waals surface area contributed by atoms with E-state index in [1.165, 1.54) is 29.6 Å². The van der Waals surface area contributed by atoms with E-state index < -0.39 is 11.2 Å². The van der Waals surface area contributed by atoms with Gasteiger partial charge >= 0.3 is 5.69 Å². The van der Waals surface area contributed by atoms with Gasteiger partial charge in [-0.25, -0.2) is 9.48 Å². The van der Waals surface area contributed by atoms with E-state index >= 15 is 0 Å². The maximum absolute atomic E-state index is 12.9. The Kier molecular flexibility index (Phi) is 6.25. The zero-order valence-corrected chi connectivity index (χ0v) is 21.3. The van der Waals surface area contributed by atoms with Crippen LogP contribution in [-0.4, -0.2) is 58.6 Å². The molecule has 37 heavy (non-hydrogen) atoms. The van der Waals surface area contributed by atoms with Crippen molar-refractivity contribution in [3.8, 4) is 23.0 Å². The summed E-state index contributed by atoms with van der Waals surface area (Å²) in [7, 11) is 4.60. The highest BCUT2D eigenvalue weighted by molar-refractivity contribution is 8.15. The zero-order valence-electron chi connectivity index (χ0n) is 20.5. The predicted octanol–water partition coefficient (Wildman–Crippen LogP) is 0.868. The Morgan fingerprint density at radius 3 is 2.57 bits per heavy atom. The number of rotatable bonds is 6. The third-order valence-corrected chi connectivity index (χ3v) is 6.75. The minimum Gasteiger partial charge on any atom is -0.497 e. The number of hydrogen-bond acceptors (Lipinski definition) is 9. The highest BCUT2D eigenvalue weighted by Gasteiger charge is 2.22. The fourth-order valence-corrected chi connectivity index (χ4v) is 4.62. The van der Waals surface area contributed by atoms with Crippen LogP contribution in [0.2, 0.25) is 0 Å². The standard InChI is InChI=1S/C23H23N9O4S/c1-5-31-18-19(29(2)23(35)30(3)20(18)34)26-22(31)32-11-14(10-24-27-21-25-16(33)12-37-21)17(28-32)13-6-8-15(36-4)9-7-13/h6-11H,5,12H2,1-4H3,(H,25,27,33)/b24-10+. The number of hydrogen-bond donors (Lipinski definition) is 1. The van der Waals surface area contributed by atoms with Crippen LogP contribution in [0.1, 0.15) is 12.5 Å². The molecule has 1 saturated heterocycles. The van der Waals surface area contributed by atoms with Gasteiger partial charge in [-0.1, -0.05) is 11.8 Å². The molecule has 14 heteroatoms. The van der Waals surface area contributed by atoms with Crippen molar-refractivity contribution in [2.24, 2.45) is 24.3 Å². The summed E-state index contributed by atoms with van der Waals surface area (Å²) in [6.07, 6.45) is 3.26. The molecule has 4 heterocycles. The third kappa shape index (κ3) is 4.24. The number of nitrogens with one attached hydrogen (secondary N) is 1. The lowest BCUT2D eigenvalue weighted by molar-refractivity contribution is -0.116. The lowest BCUT2D eigenvalue weighted by Crippen LogP contribution is -2.37. The van der Waals surface area contributed by atoms with Gasteiger partial charge in [0.15, 0.2) is 16.3 Å². The van der Waals surface area contributed by atoms with Crippen LogP contribution in [0, 0.1) is 0 Å². The van der Waals surface area contributed by atoms with Gasteiger partial charge < -0.3 is 14.6 Å². The molecule has 0 spiro atoms. The molecule has 0 radical (unpaired) electrons. The van der Waals surface area contributed by atoms with E-state index in [1.54, 1.807) is 29.6 Å². The quantitative estimate of drug-likeness (QED) is 0.293. The van der Waals surface area contributed by atoms with Crippen LogP contribution < -0.4 is 21.3 Å². The Balaban J connectivity index is 1.67. The first-order valence-electron chi connectivity index (χ1n) is 11.3. The fraction of sp³-hybridized carbons (Fsp3) is 0.261. The molecule has 190 valence electrons. The second-order valence-corrected chi connectivity index (χ2v) is 9.09. The number of imidazole rings is 1. The molecule has 3 aromatic heterocycles. The SMILES string of the molecule is CCn1c(-n2cc(/C=N/N=C3/NC(=O)CS3)c(-c3ccc(OC)cc3)n2)nc2c1c(=O)n(C)c(=O)n2C. The van der Waals surface area contributed by atoms with Crippen LogP contribution in [0.5, 0.6) is 5.75 Å².